The molecule has 1 aromatic rings. The summed E-state index contributed by atoms with van der Waals surface area (Å²) >= 11 is 1.60. The average molecular weight is 287 g/mol. The molecule has 0 radical (unpaired) electrons. The highest BCUT2D eigenvalue weighted by atomic mass is 32.1. The molecule has 19 heavy (non-hydrogen) atoms. The van der Waals surface area contributed by atoms with Gasteiger partial charge in [-0.2, -0.15) is 4.98 Å². The Morgan fingerprint density at radius 1 is 1.47 bits per heavy atom. The third kappa shape index (κ3) is 4.97. The average Bonchev–Trinajstić information content (AvgIpc) is 2.72. The molecule has 0 aliphatic carbocycles. The Balaban J connectivity index is 2.57. The first-order valence-electron chi connectivity index (χ1n) is 6.53. The third-order valence-electron chi connectivity index (χ3n) is 2.81. The van der Waals surface area contributed by atoms with Gasteiger partial charge in [0.25, 0.3) is 0 Å². The van der Waals surface area contributed by atoms with E-state index in [-0.39, 0.29) is 0 Å². The van der Waals surface area contributed by atoms with E-state index in [0.29, 0.717) is 19.0 Å². The Labute approximate surface area is 119 Å². The van der Waals surface area contributed by atoms with Crippen molar-refractivity contribution < 1.29 is 9.84 Å². The van der Waals surface area contributed by atoms with Crippen molar-refractivity contribution in [2.75, 3.05) is 32.6 Å². The molecule has 0 aliphatic rings. The highest BCUT2D eigenvalue weighted by Gasteiger charge is 2.19. The van der Waals surface area contributed by atoms with Crippen LogP contribution in [-0.2, 0) is 6.54 Å². The van der Waals surface area contributed by atoms with Crippen LogP contribution >= 0.6 is 11.3 Å². The number of aromatic nitrogens is 1. The van der Waals surface area contributed by atoms with Crippen molar-refractivity contribution >= 4 is 16.5 Å². The molecule has 0 spiro atoms. The van der Waals surface area contributed by atoms with Crippen LogP contribution in [0, 0.1) is 0 Å². The lowest BCUT2D eigenvalue weighted by atomic mass is 10.0. The van der Waals surface area contributed by atoms with Crippen LogP contribution in [0.3, 0.4) is 0 Å². The molecule has 2 N–H and O–H groups in total. The van der Waals surface area contributed by atoms with Crippen LogP contribution in [0.15, 0.2) is 0 Å². The summed E-state index contributed by atoms with van der Waals surface area (Å²) in [5.74, 6) is 0.663. The van der Waals surface area contributed by atoms with Crippen molar-refractivity contribution in [3.05, 3.63) is 4.88 Å². The van der Waals surface area contributed by atoms with Crippen LogP contribution in [0.1, 0.15) is 31.6 Å². The standard InChI is InChI=1S/C13H25N3O2S/c1-6-7-13(2,17)9-14-8-10-11(18-5)15-12(19-10)16(3)4/h14,17H,6-9H2,1-5H3. The summed E-state index contributed by atoms with van der Waals surface area (Å²) in [4.78, 5) is 7.42. The van der Waals surface area contributed by atoms with E-state index in [1.54, 1.807) is 18.4 Å². The second-order valence-electron chi connectivity index (χ2n) is 5.17. The van der Waals surface area contributed by atoms with E-state index < -0.39 is 5.60 Å². The maximum atomic E-state index is 10.1. The van der Waals surface area contributed by atoms with Gasteiger partial charge in [-0.15, -0.1) is 0 Å². The van der Waals surface area contributed by atoms with Gasteiger partial charge in [-0.25, -0.2) is 0 Å². The summed E-state index contributed by atoms with van der Waals surface area (Å²) < 4.78 is 5.28. The third-order valence-corrected chi connectivity index (χ3v) is 4.01. The minimum Gasteiger partial charge on any atom is -0.480 e. The number of nitrogens with one attached hydrogen (secondary N) is 1. The molecule has 1 rings (SSSR count). The lowest BCUT2D eigenvalue weighted by Gasteiger charge is -2.22. The van der Waals surface area contributed by atoms with Crippen molar-refractivity contribution in [1.29, 1.82) is 0 Å². The zero-order valence-electron chi connectivity index (χ0n) is 12.5. The molecule has 0 aromatic carbocycles. The molecular formula is C13H25N3O2S. The fourth-order valence-corrected chi connectivity index (χ4v) is 2.78. The summed E-state index contributed by atoms with van der Waals surface area (Å²) in [6.07, 6.45) is 1.77. The Morgan fingerprint density at radius 2 is 2.16 bits per heavy atom. The molecule has 0 aliphatic heterocycles. The minimum atomic E-state index is -0.656. The topological polar surface area (TPSA) is 57.6 Å². The summed E-state index contributed by atoms with van der Waals surface area (Å²) in [6, 6.07) is 0. The number of ether oxygens (including phenoxy) is 1. The number of methoxy groups -OCH3 is 1. The smallest absolute Gasteiger partial charge is 0.230 e. The maximum absolute atomic E-state index is 10.1. The lowest BCUT2D eigenvalue weighted by Crippen LogP contribution is -2.37. The van der Waals surface area contributed by atoms with E-state index in [4.69, 9.17) is 4.74 Å². The van der Waals surface area contributed by atoms with Gasteiger partial charge in [-0.1, -0.05) is 24.7 Å². The molecule has 0 fully saturated rings. The monoisotopic (exact) mass is 287 g/mol. The van der Waals surface area contributed by atoms with Gasteiger partial charge < -0.3 is 20.1 Å². The highest BCUT2D eigenvalue weighted by molar-refractivity contribution is 7.15. The number of aliphatic hydroxyl groups is 1. The number of rotatable bonds is 8. The van der Waals surface area contributed by atoms with Crippen LogP contribution in [-0.4, -0.2) is 43.4 Å². The van der Waals surface area contributed by atoms with Gasteiger partial charge in [0.05, 0.1) is 17.6 Å². The predicted molar refractivity (Wildman–Crippen MR) is 80.2 cm³/mol. The SMILES string of the molecule is CCCC(C)(O)CNCc1sc(N(C)C)nc1OC. The van der Waals surface area contributed by atoms with Gasteiger partial charge in [-0.3, -0.25) is 0 Å². The molecule has 1 heterocycles. The Morgan fingerprint density at radius 3 is 2.68 bits per heavy atom. The van der Waals surface area contributed by atoms with E-state index in [9.17, 15) is 5.11 Å². The van der Waals surface area contributed by atoms with Crippen molar-refractivity contribution in [2.24, 2.45) is 0 Å². The first-order valence-corrected chi connectivity index (χ1v) is 7.35. The number of nitrogens with zero attached hydrogens (tertiary/aromatic N) is 2. The molecule has 0 amide bonds. The van der Waals surface area contributed by atoms with Crippen LogP contribution in [0.4, 0.5) is 5.13 Å². The maximum Gasteiger partial charge on any atom is 0.230 e. The van der Waals surface area contributed by atoms with Gasteiger partial charge in [0.1, 0.15) is 0 Å². The van der Waals surface area contributed by atoms with Crippen molar-refractivity contribution in [1.82, 2.24) is 10.3 Å². The minimum absolute atomic E-state index is 0.569. The van der Waals surface area contributed by atoms with Crippen LogP contribution < -0.4 is 15.0 Å². The van der Waals surface area contributed by atoms with E-state index in [1.165, 1.54) is 0 Å². The second-order valence-corrected chi connectivity index (χ2v) is 6.24. The van der Waals surface area contributed by atoms with Crippen LogP contribution in [0.5, 0.6) is 5.88 Å². The summed E-state index contributed by atoms with van der Waals surface area (Å²) in [5, 5.41) is 14.3. The van der Waals surface area contributed by atoms with Gasteiger partial charge in [0.15, 0.2) is 5.13 Å². The molecule has 1 unspecified atom stereocenters. The van der Waals surface area contributed by atoms with E-state index in [2.05, 4.69) is 17.2 Å². The fourth-order valence-electron chi connectivity index (χ4n) is 1.86. The number of hydrogen-bond acceptors (Lipinski definition) is 6. The fraction of sp³-hybridized carbons (Fsp3) is 0.769. The number of anilines is 1. The van der Waals surface area contributed by atoms with Crippen molar-refractivity contribution in [3.63, 3.8) is 0 Å². The van der Waals surface area contributed by atoms with E-state index in [0.717, 1.165) is 22.9 Å². The van der Waals surface area contributed by atoms with Gasteiger partial charge in [-0.05, 0) is 13.3 Å². The first-order chi connectivity index (χ1) is 8.89. The lowest BCUT2D eigenvalue weighted by molar-refractivity contribution is 0.0498. The van der Waals surface area contributed by atoms with Gasteiger partial charge in [0, 0.05) is 27.2 Å². The summed E-state index contributed by atoms with van der Waals surface area (Å²) in [6.45, 7) is 5.16. The number of thiazole rings is 1. The molecule has 0 saturated heterocycles. The normalized spacial score (nSPS) is 14.2. The Kier molecular flexibility index (Phi) is 6.03. The van der Waals surface area contributed by atoms with Crippen molar-refractivity contribution in [2.45, 2.75) is 38.8 Å². The molecular weight excluding hydrogens is 262 g/mol. The molecule has 1 aromatic heterocycles. The molecule has 0 saturated carbocycles. The Bertz CT molecular complexity index is 391. The predicted octanol–water partition coefficient (Wildman–Crippen LogP) is 1.86. The first kappa shape index (κ1) is 16.2. The van der Waals surface area contributed by atoms with E-state index in [1.807, 2.05) is 25.9 Å². The summed E-state index contributed by atoms with van der Waals surface area (Å²) in [7, 11) is 5.55. The molecule has 1 atom stereocenters. The largest absolute Gasteiger partial charge is 0.480 e. The molecule has 5 nitrogen and oxygen atoms in total. The highest BCUT2D eigenvalue weighted by Crippen LogP contribution is 2.30. The molecule has 6 heteroatoms. The Hall–Kier alpha value is -0.850. The summed E-state index contributed by atoms with van der Waals surface area (Å²) in [5.41, 5.74) is -0.656. The zero-order valence-corrected chi connectivity index (χ0v) is 13.3. The zero-order chi connectivity index (χ0) is 14.5. The molecule has 0 bridgehead atoms. The van der Waals surface area contributed by atoms with Crippen LogP contribution in [0.25, 0.3) is 0 Å². The second kappa shape index (κ2) is 7.07. The van der Waals surface area contributed by atoms with Crippen LogP contribution in [0.2, 0.25) is 0 Å². The molecule has 110 valence electrons. The number of hydrogen-bond donors (Lipinski definition) is 2. The van der Waals surface area contributed by atoms with Gasteiger partial charge in [0.2, 0.25) is 5.88 Å². The van der Waals surface area contributed by atoms with Crippen molar-refractivity contribution in [3.8, 4) is 5.88 Å². The van der Waals surface area contributed by atoms with Gasteiger partial charge >= 0.3 is 0 Å². The van der Waals surface area contributed by atoms with E-state index >= 15 is 0 Å². The quantitative estimate of drug-likeness (QED) is 0.764.